The standard InChI is InChI=1S/C26H25N7O/c1-2-24(34)31-20-11-13-28-23(14-20)22-5-3-4-17-15-29-26(33-25(17)22)32-19-8-6-18(7-9-19)30-21-10-12-27-16-21/h2-9,11,13-15,21,27,30H,1,10,12,16H2,(H,28,31,34)(H,29,32,33)/t21-/m0/s1. The molecule has 0 unspecified atom stereocenters. The molecule has 0 aliphatic carbocycles. The van der Waals surface area contributed by atoms with Crippen LogP contribution in [-0.2, 0) is 4.79 Å². The lowest BCUT2D eigenvalue weighted by Crippen LogP contribution is -2.21. The zero-order valence-corrected chi connectivity index (χ0v) is 18.6. The van der Waals surface area contributed by atoms with E-state index in [9.17, 15) is 4.79 Å². The highest BCUT2D eigenvalue weighted by Crippen LogP contribution is 2.28. The molecule has 170 valence electrons. The number of fused-ring (bicyclic) bond motifs is 1. The molecule has 4 N–H and O–H groups in total. The van der Waals surface area contributed by atoms with E-state index in [0.717, 1.165) is 47.4 Å². The Morgan fingerprint density at radius 1 is 1.06 bits per heavy atom. The molecular formula is C26H25N7O. The molecule has 1 atom stereocenters. The fraction of sp³-hybridized carbons (Fsp3) is 0.154. The van der Waals surface area contributed by atoms with E-state index in [1.54, 1.807) is 18.5 Å². The van der Waals surface area contributed by atoms with Crippen molar-refractivity contribution in [3.63, 3.8) is 0 Å². The highest BCUT2D eigenvalue weighted by atomic mass is 16.1. The van der Waals surface area contributed by atoms with E-state index in [4.69, 9.17) is 4.98 Å². The van der Waals surface area contributed by atoms with Crippen LogP contribution in [0.5, 0.6) is 0 Å². The van der Waals surface area contributed by atoms with Gasteiger partial charge in [-0.15, -0.1) is 0 Å². The number of nitrogens with zero attached hydrogens (tertiary/aromatic N) is 3. The number of anilines is 4. The van der Waals surface area contributed by atoms with Gasteiger partial charge in [-0.1, -0.05) is 24.8 Å². The molecule has 0 bridgehead atoms. The van der Waals surface area contributed by atoms with Gasteiger partial charge in [0.2, 0.25) is 11.9 Å². The van der Waals surface area contributed by atoms with Gasteiger partial charge in [0, 0.05) is 53.0 Å². The maximum Gasteiger partial charge on any atom is 0.247 e. The topological polar surface area (TPSA) is 104 Å². The summed E-state index contributed by atoms with van der Waals surface area (Å²) in [5, 5.41) is 13.9. The summed E-state index contributed by atoms with van der Waals surface area (Å²) < 4.78 is 0. The number of benzene rings is 2. The summed E-state index contributed by atoms with van der Waals surface area (Å²) in [6.45, 7) is 5.54. The fourth-order valence-electron chi connectivity index (χ4n) is 3.96. The minimum absolute atomic E-state index is 0.273. The van der Waals surface area contributed by atoms with E-state index in [1.165, 1.54) is 6.08 Å². The molecule has 1 saturated heterocycles. The Balaban J connectivity index is 1.39. The van der Waals surface area contributed by atoms with Crippen molar-refractivity contribution in [2.45, 2.75) is 12.5 Å². The van der Waals surface area contributed by atoms with Crippen molar-refractivity contribution in [1.82, 2.24) is 20.3 Å². The summed E-state index contributed by atoms with van der Waals surface area (Å²) in [4.78, 5) is 25.4. The number of aromatic nitrogens is 3. The van der Waals surface area contributed by atoms with Gasteiger partial charge in [-0.25, -0.2) is 9.97 Å². The van der Waals surface area contributed by atoms with Crippen molar-refractivity contribution in [3.8, 4) is 11.3 Å². The number of nitrogens with one attached hydrogen (secondary N) is 4. The number of hydrogen-bond donors (Lipinski definition) is 4. The molecule has 2 aromatic heterocycles. The highest BCUT2D eigenvalue weighted by molar-refractivity contribution is 5.99. The van der Waals surface area contributed by atoms with Crippen molar-refractivity contribution in [1.29, 1.82) is 0 Å². The van der Waals surface area contributed by atoms with Crippen molar-refractivity contribution >= 4 is 39.8 Å². The second-order valence-electron chi connectivity index (χ2n) is 8.10. The van der Waals surface area contributed by atoms with Crippen LogP contribution in [0.4, 0.5) is 23.0 Å². The average Bonchev–Trinajstić information content (AvgIpc) is 3.38. The van der Waals surface area contributed by atoms with E-state index in [2.05, 4.69) is 49.9 Å². The number of para-hydroxylation sites is 1. The van der Waals surface area contributed by atoms with E-state index in [1.807, 2.05) is 36.4 Å². The quantitative estimate of drug-likeness (QED) is 0.310. The van der Waals surface area contributed by atoms with Crippen LogP contribution in [0.2, 0.25) is 0 Å². The maximum atomic E-state index is 11.7. The summed E-state index contributed by atoms with van der Waals surface area (Å²) >= 11 is 0. The molecule has 4 aromatic rings. The first-order chi connectivity index (χ1) is 16.7. The average molecular weight is 452 g/mol. The number of amides is 1. The predicted molar refractivity (Wildman–Crippen MR) is 136 cm³/mol. The second kappa shape index (κ2) is 9.68. The van der Waals surface area contributed by atoms with Crippen LogP contribution in [-0.4, -0.2) is 40.0 Å². The first-order valence-electron chi connectivity index (χ1n) is 11.2. The first kappa shape index (κ1) is 21.5. The van der Waals surface area contributed by atoms with Gasteiger partial charge in [0.15, 0.2) is 0 Å². The normalized spacial score (nSPS) is 15.1. The predicted octanol–water partition coefficient (Wildman–Crippen LogP) is 4.33. The Kier molecular flexibility index (Phi) is 6.13. The Labute approximate surface area is 197 Å². The molecular weight excluding hydrogens is 426 g/mol. The number of rotatable bonds is 7. The number of pyridine rings is 1. The van der Waals surface area contributed by atoms with Crippen LogP contribution < -0.4 is 21.3 Å². The van der Waals surface area contributed by atoms with E-state index in [0.29, 0.717) is 23.4 Å². The van der Waals surface area contributed by atoms with Gasteiger partial charge in [-0.05, 0) is 55.4 Å². The van der Waals surface area contributed by atoms with E-state index >= 15 is 0 Å². The lowest BCUT2D eigenvalue weighted by Gasteiger charge is -2.13. The minimum atomic E-state index is -0.273. The number of carbonyl (C=O) groups excluding carboxylic acids is 1. The van der Waals surface area contributed by atoms with Crippen molar-refractivity contribution < 1.29 is 4.79 Å². The van der Waals surface area contributed by atoms with Crippen molar-refractivity contribution in [2.24, 2.45) is 0 Å². The van der Waals surface area contributed by atoms with Gasteiger partial charge >= 0.3 is 0 Å². The first-order valence-corrected chi connectivity index (χ1v) is 11.2. The number of carbonyl (C=O) groups is 1. The van der Waals surface area contributed by atoms with Crippen LogP contribution in [0.25, 0.3) is 22.2 Å². The minimum Gasteiger partial charge on any atom is -0.381 e. The molecule has 0 radical (unpaired) electrons. The smallest absolute Gasteiger partial charge is 0.247 e. The third-order valence-corrected chi connectivity index (χ3v) is 5.67. The maximum absolute atomic E-state index is 11.7. The van der Waals surface area contributed by atoms with Crippen LogP contribution >= 0.6 is 0 Å². The Bertz CT molecular complexity index is 1330. The zero-order valence-electron chi connectivity index (χ0n) is 18.6. The Morgan fingerprint density at radius 3 is 2.71 bits per heavy atom. The van der Waals surface area contributed by atoms with Crippen LogP contribution in [0.1, 0.15) is 6.42 Å². The largest absolute Gasteiger partial charge is 0.381 e. The second-order valence-corrected chi connectivity index (χ2v) is 8.10. The van der Waals surface area contributed by atoms with Gasteiger partial charge in [0.05, 0.1) is 11.2 Å². The van der Waals surface area contributed by atoms with Gasteiger partial charge in [-0.3, -0.25) is 9.78 Å². The third kappa shape index (κ3) is 4.87. The van der Waals surface area contributed by atoms with Gasteiger partial charge < -0.3 is 21.3 Å². The Morgan fingerprint density at radius 2 is 1.91 bits per heavy atom. The molecule has 0 saturated carbocycles. The van der Waals surface area contributed by atoms with Gasteiger partial charge in [0.25, 0.3) is 0 Å². The van der Waals surface area contributed by atoms with Gasteiger partial charge in [-0.2, -0.15) is 0 Å². The molecule has 2 aromatic carbocycles. The molecule has 1 aliphatic rings. The molecule has 1 aliphatic heterocycles. The SMILES string of the molecule is C=CC(=O)Nc1ccnc(-c2cccc3cnc(Nc4ccc(N[C@H]5CCNC5)cc4)nc23)c1. The molecule has 0 spiro atoms. The van der Waals surface area contributed by atoms with Crippen LogP contribution in [0.15, 0.2) is 79.6 Å². The zero-order chi connectivity index (χ0) is 23.3. The lowest BCUT2D eigenvalue weighted by atomic mass is 10.1. The summed E-state index contributed by atoms with van der Waals surface area (Å²) in [7, 11) is 0. The molecule has 8 heteroatoms. The summed E-state index contributed by atoms with van der Waals surface area (Å²) in [6, 6.07) is 18.0. The van der Waals surface area contributed by atoms with Crippen molar-refractivity contribution in [3.05, 3.63) is 79.6 Å². The molecule has 1 amide bonds. The van der Waals surface area contributed by atoms with Gasteiger partial charge in [0.1, 0.15) is 0 Å². The molecule has 3 heterocycles. The van der Waals surface area contributed by atoms with E-state index < -0.39 is 0 Å². The molecule has 8 nitrogen and oxygen atoms in total. The van der Waals surface area contributed by atoms with E-state index in [-0.39, 0.29) is 5.91 Å². The summed E-state index contributed by atoms with van der Waals surface area (Å²) in [6.07, 6.45) is 5.81. The molecule has 5 rings (SSSR count). The third-order valence-electron chi connectivity index (χ3n) is 5.67. The monoisotopic (exact) mass is 451 g/mol. The van der Waals surface area contributed by atoms with Crippen molar-refractivity contribution in [2.75, 3.05) is 29.0 Å². The fourth-order valence-corrected chi connectivity index (χ4v) is 3.96. The van der Waals surface area contributed by atoms with Crippen LogP contribution in [0.3, 0.4) is 0 Å². The highest BCUT2D eigenvalue weighted by Gasteiger charge is 2.14. The molecule has 1 fully saturated rings. The lowest BCUT2D eigenvalue weighted by molar-refractivity contribution is -0.111. The Hall–Kier alpha value is -4.30. The molecule has 34 heavy (non-hydrogen) atoms. The number of hydrogen-bond acceptors (Lipinski definition) is 7. The summed E-state index contributed by atoms with van der Waals surface area (Å²) in [5.74, 6) is 0.224. The van der Waals surface area contributed by atoms with Crippen LogP contribution in [0, 0.1) is 0 Å². The summed E-state index contributed by atoms with van der Waals surface area (Å²) in [5.41, 5.74) is 4.96.